The minimum Gasteiger partial charge on any atom is -0.333 e. The highest BCUT2D eigenvalue weighted by molar-refractivity contribution is 5.79. The first kappa shape index (κ1) is 23.2. The van der Waals surface area contributed by atoms with Gasteiger partial charge in [0.2, 0.25) is 5.91 Å². The smallest absolute Gasteiger partial charge is 0.266 e. The SMILES string of the molecule is CC(C)CN(C(=O)CCC1CCCC1)C(C)c1nc2ccccc2c(=O)n1-c1ccccc1. The fraction of sp³-hybridized carbons (Fsp3) is 0.464. The van der Waals surface area contributed by atoms with Crippen LogP contribution < -0.4 is 5.56 Å². The van der Waals surface area contributed by atoms with Crippen LogP contribution >= 0.6 is 0 Å². The average Bonchev–Trinajstić information content (AvgIpc) is 3.35. The summed E-state index contributed by atoms with van der Waals surface area (Å²) in [5.74, 6) is 1.76. The van der Waals surface area contributed by atoms with E-state index in [1.165, 1.54) is 25.7 Å². The van der Waals surface area contributed by atoms with Gasteiger partial charge in [-0.05, 0) is 49.4 Å². The van der Waals surface area contributed by atoms with Crippen molar-refractivity contribution in [3.05, 3.63) is 70.8 Å². The minimum absolute atomic E-state index is 0.100. The number of carbonyl (C=O) groups excluding carboxylic acids is 1. The lowest BCUT2D eigenvalue weighted by Gasteiger charge is -2.32. The second kappa shape index (κ2) is 10.3. The van der Waals surface area contributed by atoms with Crippen molar-refractivity contribution in [3.8, 4) is 5.69 Å². The van der Waals surface area contributed by atoms with Crippen molar-refractivity contribution in [2.24, 2.45) is 11.8 Å². The van der Waals surface area contributed by atoms with E-state index in [0.29, 0.717) is 41.5 Å². The molecule has 0 bridgehead atoms. The Morgan fingerprint density at radius 3 is 2.39 bits per heavy atom. The maximum Gasteiger partial charge on any atom is 0.266 e. The third-order valence-corrected chi connectivity index (χ3v) is 6.78. The number of aromatic nitrogens is 2. The van der Waals surface area contributed by atoms with Gasteiger partial charge >= 0.3 is 0 Å². The highest BCUT2D eigenvalue weighted by atomic mass is 16.2. The molecule has 4 rings (SSSR count). The predicted molar refractivity (Wildman–Crippen MR) is 133 cm³/mol. The van der Waals surface area contributed by atoms with Crippen LogP contribution in [0, 0.1) is 11.8 Å². The molecule has 1 aliphatic carbocycles. The zero-order valence-electron chi connectivity index (χ0n) is 20.0. The Morgan fingerprint density at radius 2 is 1.70 bits per heavy atom. The molecule has 3 aromatic rings. The Kier molecular flexibility index (Phi) is 7.26. The third-order valence-electron chi connectivity index (χ3n) is 6.78. The topological polar surface area (TPSA) is 55.2 Å². The van der Waals surface area contributed by atoms with Crippen molar-refractivity contribution in [2.45, 2.75) is 65.3 Å². The van der Waals surface area contributed by atoms with Crippen LogP contribution in [0.4, 0.5) is 0 Å². The summed E-state index contributed by atoms with van der Waals surface area (Å²) >= 11 is 0. The Morgan fingerprint density at radius 1 is 1.03 bits per heavy atom. The van der Waals surface area contributed by atoms with Gasteiger partial charge in [-0.25, -0.2) is 4.98 Å². The van der Waals surface area contributed by atoms with E-state index < -0.39 is 0 Å². The van der Waals surface area contributed by atoms with E-state index in [2.05, 4.69) is 13.8 Å². The quantitative estimate of drug-likeness (QED) is 0.434. The van der Waals surface area contributed by atoms with Crippen LogP contribution in [-0.2, 0) is 4.79 Å². The maximum absolute atomic E-state index is 13.6. The summed E-state index contributed by atoms with van der Waals surface area (Å²) in [6.07, 6.45) is 6.58. The summed E-state index contributed by atoms with van der Waals surface area (Å²) in [7, 11) is 0. The lowest BCUT2D eigenvalue weighted by Crippen LogP contribution is -2.39. The number of nitrogens with zero attached hydrogens (tertiary/aromatic N) is 3. The molecule has 0 aliphatic heterocycles. The number of carbonyl (C=O) groups is 1. The van der Waals surface area contributed by atoms with Crippen LogP contribution in [0.1, 0.15) is 71.2 Å². The summed E-state index contributed by atoms with van der Waals surface area (Å²) in [6.45, 7) is 6.90. The summed E-state index contributed by atoms with van der Waals surface area (Å²) in [6, 6.07) is 16.7. The number of benzene rings is 2. The Labute approximate surface area is 196 Å². The predicted octanol–water partition coefficient (Wildman–Crippen LogP) is 5.90. The molecule has 1 unspecified atom stereocenters. The monoisotopic (exact) mass is 445 g/mol. The van der Waals surface area contributed by atoms with E-state index in [1.54, 1.807) is 4.57 Å². The van der Waals surface area contributed by atoms with Gasteiger partial charge in [-0.15, -0.1) is 0 Å². The van der Waals surface area contributed by atoms with Crippen molar-refractivity contribution in [1.82, 2.24) is 14.5 Å². The first-order valence-corrected chi connectivity index (χ1v) is 12.3. The molecule has 0 N–H and O–H groups in total. The molecule has 1 atom stereocenters. The number of amides is 1. The molecule has 33 heavy (non-hydrogen) atoms. The third kappa shape index (κ3) is 5.18. The second-order valence-electron chi connectivity index (χ2n) is 9.77. The Hall–Kier alpha value is -2.95. The lowest BCUT2D eigenvalue weighted by molar-refractivity contribution is -0.134. The molecule has 1 amide bonds. The zero-order valence-corrected chi connectivity index (χ0v) is 20.0. The maximum atomic E-state index is 13.6. The second-order valence-corrected chi connectivity index (χ2v) is 9.77. The lowest BCUT2D eigenvalue weighted by atomic mass is 10.0. The fourth-order valence-electron chi connectivity index (χ4n) is 5.04. The Balaban J connectivity index is 1.75. The van der Waals surface area contributed by atoms with E-state index in [9.17, 15) is 9.59 Å². The van der Waals surface area contributed by atoms with Gasteiger partial charge in [0.1, 0.15) is 5.82 Å². The summed E-state index contributed by atoms with van der Waals surface area (Å²) < 4.78 is 1.69. The van der Waals surface area contributed by atoms with Gasteiger partial charge in [-0.3, -0.25) is 14.2 Å². The van der Waals surface area contributed by atoms with E-state index in [0.717, 1.165) is 12.1 Å². The number of hydrogen-bond acceptors (Lipinski definition) is 3. The molecule has 5 nitrogen and oxygen atoms in total. The first-order valence-electron chi connectivity index (χ1n) is 12.3. The molecule has 2 aromatic carbocycles. The number of hydrogen-bond donors (Lipinski definition) is 0. The van der Waals surface area contributed by atoms with Gasteiger partial charge in [0.25, 0.3) is 5.56 Å². The van der Waals surface area contributed by atoms with E-state index in [4.69, 9.17) is 4.98 Å². The summed E-state index contributed by atoms with van der Waals surface area (Å²) in [5, 5.41) is 0.584. The van der Waals surface area contributed by atoms with Crippen LogP contribution in [0.25, 0.3) is 16.6 Å². The van der Waals surface area contributed by atoms with E-state index >= 15 is 0 Å². The summed E-state index contributed by atoms with van der Waals surface area (Å²) in [4.78, 5) is 33.9. The van der Waals surface area contributed by atoms with Gasteiger partial charge in [-0.2, -0.15) is 0 Å². The van der Waals surface area contributed by atoms with Gasteiger partial charge in [0.15, 0.2) is 0 Å². The normalized spacial score (nSPS) is 15.3. The van der Waals surface area contributed by atoms with Crippen LogP contribution in [-0.4, -0.2) is 26.9 Å². The van der Waals surface area contributed by atoms with Crippen molar-refractivity contribution < 1.29 is 4.79 Å². The van der Waals surface area contributed by atoms with Crippen LogP contribution in [0.15, 0.2) is 59.4 Å². The molecule has 174 valence electrons. The molecular formula is C28H35N3O2. The van der Waals surface area contributed by atoms with Gasteiger partial charge in [0, 0.05) is 13.0 Å². The average molecular weight is 446 g/mol. The molecule has 0 spiro atoms. The van der Waals surface area contributed by atoms with E-state index in [-0.39, 0.29) is 17.5 Å². The molecule has 1 saturated carbocycles. The van der Waals surface area contributed by atoms with Crippen LogP contribution in [0.3, 0.4) is 0 Å². The van der Waals surface area contributed by atoms with E-state index in [1.807, 2.05) is 66.4 Å². The van der Waals surface area contributed by atoms with Crippen molar-refractivity contribution in [1.29, 1.82) is 0 Å². The van der Waals surface area contributed by atoms with Gasteiger partial charge < -0.3 is 4.90 Å². The van der Waals surface area contributed by atoms with Crippen molar-refractivity contribution in [2.75, 3.05) is 6.54 Å². The largest absolute Gasteiger partial charge is 0.333 e. The number of para-hydroxylation sites is 2. The van der Waals surface area contributed by atoms with Gasteiger partial charge in [0.05, 0.1) is 22.6 Å². The molecule has 0 saturated heterocycles. The molecular weight excluding hydrogens is 410 g/mol. The summed E-state index contributed by atoms with van der Waals surface area (Å²) in [5.41, 5.74) is 1.33. The first-order chi connectivity index (χ1) is 16.0. The number of rotatable bonds is 8. The highest BCUT2D eigenvalue weighted by Crippen LogP contribution is 2.30. The molecule has 1 fully saturated rings. The zero-order chi connectivity index (χ0) is 23.4. The molecule has 1 aromatic heterocycles. The van der Waals surface area contributed by atoms with Gasteiger partial charge in [-0.1, -0.05) is 69.9 Å². The Bertz CT molecular complexity index is 1150. The molecule has 1 aliphatic rings. The molecule has 5 heteroatoms. The minimum atomic E-state index is -0.319. The highest BCUT2D eigenvalue weighted by Gasteiger charge is 2.28. The van der Waals surface area contributed by atoms with Crippen LogP contribution in [0.5, 0.6) is 0 Å². The standard InChI is InChI=1S/C28H35N3O2/c1-20(2)19-30(26(32)18-17-22-11-7-8-12-22)21(3)27-29-25-16-10-9-15-24(25)28(33)31(27)23-13-5-4-6-14-23/h4-6,9-10,13-16,20-22H,7-8,11-12,17-19H2,1-3H3. The van der Waals surface area contributed by atoms with Crippen molar-refractivity contribution in [3.63, 3.8) is 0 Å². The number of fused-ring (bicyclic) bond motifs is 1. The van der Waals surface area contributed by atoms with Crippen molar-refractivity contribution >= 4 is 16.8 Å². The molecule has 0 radical (unpaired) electrons. The fourth-order valence-corrected chi connectivity index (χ4v) is 5.04. The molecule has 1 heterocycles. The van der Waals surface area contributed by atoms with Crippen LogP contribution in [0.2, 0.25) is 0 Å².